The summed E-state index contributed by atoms with van der Waals surface area (Å²) in [5, 5.41) is 4.31. The highest BCUT2D eigenvalue weighted by atomic mass is 35.5. The third-order valence-electron chi connectivity index (χ3n) is 4.53. The van der Waals surface area contributed by atoms with Gasteiger partial charge in [0.1, 0.15) is 5.82 Å². The first kappa shape index (κ1) is 15.5. The SMILES string of the molecule is Cc1cc(Cl)cc(C)c1CN1CCNCC1c1nccn1C. The molecule has 0 bridgehead atoms. The summed E-state index contributed by atoms with van der Waals surface area (Å²) >= 11 is 6.16. The zero-order valence-corrected chi connectivity index (χ0v) is 14.2. The number of rotatable bonds is 3. The van der Waals surface area contributed by atoms with E-state index in [1.807, 2.05) is 12.4 Å². The molecule has 22 heavy (non-hydrogen) atoms. The largest absolute Gasteiger partial charge is 0.337 e. The van der Waals surface area contributed by atoms with E-state index in [-0.39, 0.29) is 0 Å². The van der Waals surface area contributed by atoms with Gasteiger partial charge in [-0.2, -0.15) is 0 Å². The van der Waals surface area contributed by atoms with Crippen LogP contribution in [0, 0.1) is 13.8 Å². The summed E-state index contributed by atoms with van der Waals surface area (Å²) in [5.74, 6) is 1.12. The number of hydrogen-bond donors (Lipinski definition) is 1. The molecule has 1 N–H and O–H groups in total. The maximum absolute atomic E-state index is 6.16. The third-order valence-corrected chi connectivity index (χ3v) is 4.75. The van der Waals surface area contributed by atoms with E-state index in [1.54, 1.807) is 0 Å². The van der Waals surface area contributed by atoms with E-state index in [2.05, 4.69) is 52.8 Å². The van der Waals surface area contributed by atoms with E-state index >= 15 is 0 Å². The van der Waals surface area contributed by atoms with Crippen molar-refractivity contribution in [1.82, 2.24) is 19.8 Å². The van der Waals surface area contributed by atoms with Crippen LogP contribution in [0.5, 0.6) is 0 Å². The predicted octanol–water partition coefficient (Wildman–Crippen LogP) is 2.84. The Hall–Kier alpha value is -1.36. The fourth-order valence-electron chi connectivity index (χ4n) is 3.28. The molecule has 0 saturated carbocycles. The van der Waals surface area contributed by atoms with Crippen molar-refractivity contribution in [2.24, 2.45) is 7.05 Å². The number of nitrogens with one attached hydrogen (secondary N) is 1. The standard InChI is InChI=1S/C17H23ClN4/c1-12-8-14(18)9-13(2)15(12)11-22-7-4-19-10-16(22)17-20-5-6-21(17)3/h5-6,8-9,16,19H,4,7,10-11H2,1-3H3. The Balaban J connectivity index is 1.88. The molecule has 1 aromatic heterocycles. The quantitative estimate of drug-likeness (QED) is 0.944. The van der Waals surface area contributed by atoms with E-state index in [1.165, 1.54) is 16.7 Å². The highest BCUT2D eigenvalue weighted by Gasteiger charge is 2.27. The molecular weight excluding hydrogens is 296 g/mol. The second-order valence-corrected chi connectivity index (χ2v) is 6.54. The number of benzene rings is 1. The van der Waals surface area contributed by atoms with Gasteiger partial charge in [-0.15, -0.1) is 0 Å². The summed E-state index contributed by atoms with van der Waals surface area (Å²) in [6, 6.07) is 4.42. The number of nitrogens with zero attached hydrogens (tertiary/aromatic N) is 3. The van der Waals surface area contributed by atoms with Gasteiger partial charge in [-0.3, -0.25) is 4.90 Å². The van der Waals surface area contributed by atoms with E-state index in [9.17, 15) is 0 Å². The van der Waals surface area contributed by atoms with Gasteiger partial charge in [-0.05, 0) is 42.7 Å². The fraction of sp³-hybridized carbons (Fsp3) is 0.471. The zero-order chi connectivity index (χ0) is 15.7. The molecule has 2 heterocycles. The summed E-state index contributed by atoms with van der Waals surface area (Å²) in [6.07, 6.45) is 3.89. The maximum Gasteiger partial charge on any atom is 0.127 e. The van der Waals surface area contributed by atoms with Crippen molar-refractivity contribution in [2.75, 3.05) is 19.6 Å². The van der Waals surface area contributed by atoms with E-state index in [4.69, 9.17) is 11.6 Å². The predicted molar refractivity (Wildman–Crippen MR) is 90.2 cm³/mol. The molecule has 1 fully saturated rings. The van der Waals surface area contributed by atoms with Crippen LogP contribution in [0.1, 0.15) is 28.6 Å². The van der Waals surface area contributed by atoms with Crippen LogP contribution in [-0.4, -0.2) is 34.1 Å². The molecule has 118 valence electrons. The monoisotopic (exact) mass is 318 g/mol. The molecule has 1 aromatic carbocycles. The molecule has 1 aliphatic heterocycles. The number of halogens is 1. The van der Waals surface area contributed by atoms with Crippen molar-refractivity contribution in [3.05, 3.63) is 52.1 Å². The minimum Gasteiger partial charge on any atom is -0.337 e. The first-order valence-corrected chi connectivity index (χ1v) is 8.11. The van der Waals surface area contributed by atoms with Crippen LogP contribution in [0.25, 0.3) is 0 Å². The Morgan fingerprint density at radius 1 is 1.32 bits per heavy atom. The molecule has 0 aliphatic carbocycles. The van der Waals surface area contributed by atoms with Crippen LogP contribution in [0.4, 0.5) is 0 Å². The highest BCUT2D eigenvalue weighted by Crippen LogP contribution is 2.27. The van der Waals surface area contributed by atoms with E-state index in [0.29, 0.717) is 6.04 Å². The van der Waals surface area contributed by atoms with Crippen molar-refractivity contribution in [3.63, 3.8) is 0 Å². The molecule has 2 aromatic rings. The lowest BCUT2D eigenvalue weighted by molar-refractivity contribution is 0.144. The molecule has 0 spiro atoms. The Morgan fingerprint density at radius 2 is 2.05 bits per heavy atom. The molecule has 4 nitrogen and oxygen atoms in total. The van der Waals surface area contributed by atoms with Gasteiger partial charge in [-0.1, -0.05) is 11.6 Å². The number of aryl methyl sites for hydroxylation is 3. The van der Waals surface area contributed by atoms with E-state index < -0.39 is 0 Å². The third kappa shape index (κ3) is 3.05. The van der Waals surface area contributed by atoms with Crippen molar-refractivity contribution in [1.29, 1.82) is 0 Å². The number of aromatic nitrogens is 2. The number of imidazole rings is 1. The summed E-state index contributed by atoms with van der Waals surface area (Å²) in [6.45, 7) is 8.22. The van der Waals surface area contributed by atoms with E-state index in [0.717, 1.165) is 37.0 Å². The summed E-state index contributed by atoms with van der Waals surface area (Å²) in [4.78, 5) is 7.07. The lowest BCUT2D eigenvalue weighted by Crippen LogP contribution is -2.46. The van der Waals surface area contributed by atoms with Crippen LogP contribution in [0.15, 0.2) is 24.5 Å². The topological polar surface area (TPSA) is 33.1 Å². The molecular formula is C17H23ClN4. The van der Waals surface area contributed by atoms with Gasteiger partial charge < -0.3 is 9.88 Å². The minimum atomic E-state index is 0.309. The molecule has 1 unspecified atom stereocenters. The van der Waals surface area contributed by atoms with Gasteiger partial charge in [0.15, 0.2) is 0 Å². The van der Waals surface area contributed by atoms with Crippen molar-refractivity contribution >= 4 is 11.6 Å². The second-order valence-electron chi connectivity index (χ2n) is 6.10. The normalized spacial score (nSPS) is 19.5. The van der Waals surface area contributed by atoms with Gasteiger partial charge in [0.05, 0.1) is 6.04 Å². The summed E-state index contributed by atoms with van der Waals surface area (Å²) < 4.78 is 2.12. The van der Waals surface area contributed by atoms with Crippen LogP contribution in [0.3, 0.4) is 0 Å². The van der Waals surface area contributed by atoms with Gasteiger partial charge >= 0.3 is 0 Å². The molecule has 5 heteroatoms. The van der Waals surface area contributed by atoms with Gasteiger partial charge in [0.2, 0.25) is 0 Å². The van der Waals surface area contributed by atoms with Crippen LogP contribution >= 0.6 is 11.6 Å². The molecule has 1 atom stereocenters. The Morgan fingerprint density at radius 3 is 2.68 bits per heavy atom. The zero-order valence-electron chi connectivity index (χ0n) is 13.4. The molecule has 0 amide bonds. The fourth-order valence-corrected chi connectivity index (χ4v) is 3.61. The Bertz CT molecular complexity index is 641. The van der Waals surface area contributed by atoms with Gasteiger partial charge in [0, 0.05) is 50.6 Å². The lowest BCUT2D eigenvalue weighted by atomic mass is 10.0. The van der Waals surface area contributed by atoms with Crippen LogP contribution < -0.4 is 5.32 Å². The molecule has 1 saturated heterocycles. The van der Waals surface area contributed by atoms with Crippen molar-refractivity contribution < 1.29 is 0 Å². The number of piperazine rings is 1. The maximum atomic E-state index is 6.16. The first-order valence-electron chi connectivity index (χ1n) is 7.74. The second kappa shape index (κ2) is 6.41. The van der Waals surface area contributed by atoms with Gasteiger partial charge in [0.25, 0.3) is 0 Å². The van der Waals surface area contributed by atoms with Gasteiger partial charge in [-0.25, -0.2) is 4.98 Å². The lowest BCUT2D eigenvalue weighted by Gasteiger charge is -2.36. The minimum absolute atomic E-state index is 0.309. The molecule has 1 aliphatic rings. The smallest absolute Gasteiger partial charge is 0.127 e. The van der Waals surface area contributed by atoms with Crippen LogP contribution in [0.2, 0.25) is 5.02 Å². The number of hydrogen-bond acceptors (Lipinski definition) is 3. The average molecular weight is 319 g/mol. The average Bonchev–Trinajstić information content (AvgIpc) is 2.89. The molecule has 3 rings (SSSR count). The van der Waals surface area contributed by atoms with Crippen LogP contribution in [-0.2, 0) is 13.6 Å². The highest BCUT2D eigenvalue weighted by molar-refractivity contribution is 6.30. The summed E-state index contributed by atoms with van der Waals surface area (Å²) in [5.41, 5.74) is 3.91. The summed E-state index contributed by atoms with van der Waals surface area (Å²) in [7, 11) is 2.06. The van der Waals surface area contributed by atoms with Crippen molar-refractivity contribution in [2.45, 2.75) is 26.4 Å². The van der Waals surface area contributed by atoms with Crippen molar-refractivity contribution in [3.8, 4) is 0 Å². The Kier molecular flexibility index (Phi) is 4.52. The first-order chi connectivity index (χ1) is 10.6. The molecule has 0 radical (unpaired) electrons. The Labute approximate surface area is 137 Å².